The molecule has 9 heteroatoms. The first-order valence-electron chi connectivity index (χ1n) is 11.5. The molecule has 6 N–H and O–H groups in total. The molecule has 0 saturated carbocycles. The van der Waals surface area contributed by atoms with Gasteiger partial charge >= 0.3 is 6.09 Å². The maximum atomic E-state index is 12.9. The molecule has 0 fully saturated rings. The van der Waals surface area contributed by atoms with E-state index in [9.17, 15) is 19.5 Å². The molecule has 0 aliphatic rings. The molecule has 3 aromatic carbocycles. The monoisotopic (exact) mass is 514 g/mol. The van der Waals surface area contributed by atoms with Gasteiger partial charge < -0.3 is 21.9 Å². The number of nitrogens with two attached hydrogens (primary N) is 2. The Hall–Kier alpha value is -4.63. The minimum Gasteiger partial charge on any atom is -0.465 e. The lowest BCUT2D eigenvalue weighted by molar-refractivity contribution is -0.122. The van der Waals surface area contributed by atoms with Crippen molar-refractivity contribution in [3.63, 3.8) is 0 Å². The Morgan fingerprint density at radius 1 is 0.919 bits per heavy atom. The quantitative estimate of drug-likeness (QED) is 0.237. The number of carbonyl (C=O) groups is 3. The maximum Gasteiger partial charge on any atom is 0.408 e. The summed E-state index contributed by atoms with van der Waals surface area (Å²) in [5.74, 6) is -1.09. The fraction of sp³-hybridized carbons (Fsp3) is 0.107. The molecule has 0 unspecified atom stereocenters. The SMILES string of the molecule is NC(=O)[C@H](Cc1ccc(C(=O)Nc2cc(-c3cccs3)ccc2N)cc1)N(Cc1ccccc1)C(=O)O. The molecule has 37 heavy (non-hydrogen) atoms. The average molecular weight is 515 g/mol. The molecule has 188 valence electrons. The molecule has 0 aliphatic carbocycles. The van der Waals surface area contributed by atoms with Crippen molar-refractivity contribution in [2.24, 2.45) is 5.73 Å². The van der Waals surface area contributed by atoms with Crippen LogP contribution in [0.15, 0.2) is 90.3 Å². The Labute approximate surface area is 218 Å². The zero-order chi connectivity index (χ0) is 26.4. The summed E-state index contributed by atoms with van der Waals surface area (Å²) in [4.78, 5) is 39.1. The maximum absolute atomic E-state index is 12.9. The second-order valence-electron chi connectivity index (χ2n) is 8.45. The van der Waals surface area contributed by atoms with E-state index < -0.39 is 18.0 Å². The van der Waals surface area contributed by atoms with Crippen molar-refractivity contribution in [3.05, 3.63) is 107 Å². The molecule has 3 amide bonds. The molecular formula is C28H26N4O4S. The van der Waals surface area contributed by atoms with E-state index in [0.717, 1.165) is 20.9 Å². The fourth-order valence-electron chi connectivity index (χ4n) is 3.93. The lowest BCUT2D eigenvalue weighted by Gasteiger charge is -2.27. The van der Waals surface area contributed by atoms with Gasteiger partial charge in [-0.3, -0.25) is 14.5 Å². The third-order valence-corrected chi connectivity index (χ3v) is 6.82. The first kappa shape index (κ1) is 25.5. The molecule has 4 rings (SSSR count). The molecule has 0 saturated heterocycles. The first-order valence-corrected chi connectivity index (χ1v) is 12.4. The summed E-state index contributed by atoms with van der Waals surface area (Å²) in [6, 6.07) is 23.9. The molecule has 0 spiro atoms. The van der Waals surface area contributed by atoms with E-state index in [2.05, 4.69) is 5.32 Å². The number of nitrogen functional groups attached to an aromatic ring is 1. The highest BCUT2D eigenvalue weighted by atomic mass is 32.1. The van der Waals surface area contributed by atoms with E-state index in [1.807, 2.05) is 35.7 Å². The molecule has 0 bridgehead atoms. The number of nitrogens with zero attached hydrogens (tertiary/aromatic N) is 1. The van der Waals surface area contributed by atoms with Crippen LogP contribution in [0.25, 0.3) is 10.4 Å². The second-order valence-corrected chi connectivity index (χ2v) is 9.40. The predicted molar refractivity (Wildman–Crippen MR) is 145 cm³/mol. The van der Waals surface area contributed by atoms with Crippen molar-refractivity contribution < 1.29 is 19.5 Å². The van der Waals surface area contributed by atoms with E-state index in [4.69, 9.17) is 11.5 Å². The zero-order valence-corrected chi connectivity index (χ0v) is 20.7. The number of carbonyl (C=O) groups excluding carboxylic acids is 2. The largest absolute Gasteiger partial charge is 0.465 e. The molecule has 4 aromatic rings. The smallest absolute Gasteiger partial charge is 0.408 e. The summed E-state index contributed by atoms with van der Waals surface area (Å²) >= 11 is 1.59. The highest BCUT2D eigenvalue weighted by molar-refractivity contribution is 7.13. The summed E-state index contributed by atoms with van der Waals surface area (Å²) in [7, 11) is 0. The second kappa shape index (κ2) is 11.4. The molecule has 1 aromatic heterocycles. The van der Waals surface area contributed by atoms with Crippen LogP contribution in [-0.2, 0) is 17.8 Å². The van der Waals surface area contributed by atoms with E-state index in [1.54, 1.807) is 65.9 Å². The third kappa shape index (κ3) is 6.33. The van der Waals surface area contributed by atoms with Gasteiger partial charge in [-0.1, -0.05) is 54.6 Å². The number of amides is 3. The van der Waals surface area contributed by atoms with Crippen LogP contribution in [0.3, 0.4) is 0 Å². The number of primary amides is 1. The number of thiophene rings is 1. The number of benzene rings is 3. The van der Waals surface area contributed by atoms with Crippen LogP contribution < -0.4 is 16.8 Å². The van der Waals surface area contributed by atoms with Gasteiger partial charge in [-0.25, -0.2) is 4.79 Å². The number of hydrogen-bond acceptors (Lipinski definition) is 5. The summed E-state index contributed by atoms with van der Waals surface area (Å²) in [6.45, 7) is 0.0240. The Morgan fingerprint density at radius 2 is 1.65 bits per heavy atom. The van der Waals surface area contributed by atoms with Gasteiger partial charge in [0.15, 0.2) is 0 Å². The van der Waals surface area contributed by atoms with Gasteiger partial charge in [0, 0.05) is 23.4 Å². The fourth-order valence-corrected chi connectivity index (χ4v) is 4.65. The highest BCUT2D eigenvalue weighted by Gasteiger charge is 2.28. The van der Waals surface area contributed by atoms with Crippen LogP contribution in [0.4, 0.5) is 16.2 Å². The molecule has 1 heterocycles. The van der Waals surface area contributed by atoms with Gasteiger partial charge in [0.05, 0.1) is 11.4 Å². The predicted octanol–water partition coefficient (Wildman–Crippen LogP) is 4.83. The van der Waals surface area contributed by atoms with Gasteiger partial charge in [-0.05, 0) is 52.4 Å². The van der Waals surface area contributed by atoms with Crippen LogP contribution in [0.2, 0.25) is 0 Å². The van der Waals surface area contributed by atoms with Crippen LogP contribution in [0.1, 0.15) is 21.5 Å². The Morgan fingerprint density at radius 3 is 2.27 bits per heavy atom. The van der Waals surface area contributed by atoms with E-state index >= 15 is 0 Å². The van der Waals surface area contributed by atoms with Gasteiger partial charge in [0.1, 0.15) is 6.04 Å². The zero-order valence-electron chi connectivity index (χ0n) is 19.8. The van der Waals surface area contributed by atoms with Gasteiger partial charge in [0.25, 0.3) is 5.91 Å². The molecule has 8 nitrogen and oxygen atoms in total. The molecule has 0 aliphatic heterocycles. The number of carboxylic acid groups (broad SMARTS) is 1. The van der Waals surface area contributed by atoms with E-state index in [-0.39, 0.29) is 18.9 Å². The van der Waals surface area contributed by atoms with Gasteiger partial charge in [-0.2, -0.15) is 0 Å². The van der Waals surface area contributed by atoms with Gasteiger partial charge in [0.2, 0.25) is 5.91 Å². The average Bonchev–Trinajstić information content (AvgIpc) is 3.43. The van der Waals surface area contributed by atoms with E-state index in [1.165, 1.54) is 0 Å². The number of hydrogen-bond donors (Lipinski definition) is 4. The number of anilines is 2. The van der Waals surface area contributed by atoms with Crippen LogP contribution >= 0.6 is 11.3 Å². The van der Waals surface area contributed by atoms with Crippen molar-refractivity contribution in [1.29, 1.82) is 0 Å². The van der Waals surface area contributed by atoms with E-state index in [0.29, 0.717) is 22.5 Å². The van der Waals surface area contributed by atoms with Crippen molar-refractivity contribution in [3.8, 4) is 10.4 Å². The number of nitrogens with one attached hydrogen (secondary N) is 1. The minimum absolute atomic E-state index is 0.0240. The topological polar surface area (TPSA) is 139 Å². The van der Waals surface area contributed by atoms with Gasteiger partial charge in [-0.15, -0.1) is 11.3 Å². The van der Waals surface area contributed by atoms with Crippen molar-refractivity contribution >= 4 is 40.6 Å². The lowest BCUT2D eigenvalue weighted by Crippen LogP contribution is -2.48. The number of rotatable bonds is 9. The lowest BCUT2D eigenvalue weighted by atomic mass is 10.0. The van der Waals surface area contributed by atoms with Crippen molar-refractivity contribution in [2.45, 2.75) is 19.0 Å². The molecule has 1 atom stereocenters. The summed E-state index contributed by atoms with van der Waals surface area (Å²) in [6.07, 6.45) is -1.17. The summed E-state index contributed by atoms with van der Waals surface area (Å²) in [5.41, 5.74) is 15.4. The minimum atomic E-state index is -1.24. The molecular weight excluding hydrogens is 488 g/mol. The normalized spacial score (nSPS) is 11.5. The Kier molecular flexibility index (Phi) is 7.85. The van der Waals surface area contributed by atoms with Crippen LogP contribution in [0.5, 0.6) is 0 Å². The first-order chi connectivity index (χ1) is 17.8. The highest BCUT2D eigenvalue weighted by Crippen LogP contribution is 2.30. The van der Waals surface area contributed by atoms with Crippen molar-refractivity contribution in [1.82, 2.24) is 4.90 Å². The van der Waals surface area contributed by atoms with Crippen LogP contribution in [0, 0.1) is 0 Å². The standard InChI is InChI=1S/C28H26N4O4S/c29-22-13-12-21(25-7-4-14-37-25)16-23(22)31-27(34)20-10-8-18(9-11-20)15-24(26(30)33)32(28(35)36)17-19-5-2-1-3-6-19/h1-14,16,24H,15,17,29H2,(H2,30,33)(H,31,34)(H,35,36)/t24-/m0/s1. The summed E-state index contributed by atoms with van der Waals surface area (Å²) in [5, 5.41) is 14.6. The third-order valence-electron chi connectivity index (χ3n) is 5.90. The van der Waals surface area contributed by atoms with Crippen molar-refractivity contribution in [2.75, 3.05) is 11.1 Å². The molecule has 0 radical (unpaired) electrons. The summed E-state index contributed by atoms with van der Waals surface area (Å²) < 4.78 is 0. The Bertz CT molecular complexity index is 1390. The Balaban J connectivity index is 1.47. The van der Waals surface area contributed by atoms with Crippen LogP contribution in [-0.4, -0.2) is 34.0 Å².